The van der Waals surface area contributed by atoms with Gasteiger partial charge in [0.05, 0.1) is 0 Å². The summed E-state index contributed by atoms with van der Waals surface area (Å²) in [6, 6.07) is 15.7. The van der Waals surface area contributed by atoms with Crippen molar-refractivity contribution in [2.75, 3.05) is 11.9 Å². The summed E-state index contributed by atoms with van der Waals surface area (Å²) in [5.74, 6) is 1.20. The summed E-state index contributed by atoms with van der Waals surface area (Å²) in [5.41, 5.74) is 8.40. The van der Waals surface area contributed by atoms with E-state index in [4.69, 9.17) is 17.0 Å². The monoisotopic (exact) mass is 385 g/mol. The van der Waals surface area contributed by atoms with E-state index in [1.165, 1.54) is 5.56 Å². The lowest BCUT2D eigenvalue weighted by atomic mass is 10.0. The maximum Gasteiger partial charge on any atom is 0.276 e. The molecule has 0 aliphatic heterocycles. The zero-order valence-corrected chi connectivity index (χ0v) is 17.0. The predicted octanol–water partition coefficient (Wildman–Crippen LogP) is 4.33. The fourth-order valence-corrected chi connectivity index (χ4v) is 2.68. The van der Waals surface area contributed by atoms with Gasteiger partial charge in [-0.05, 0) is 53.4 Å². The number of hydrogen-bond acceptors (Lipinski definition) is 3. The van der Waals surface area contributed by atoms with Crippen LogP contribution in [0.2, 0.25) is 0 Å². The highest BCUT2D eigenvalue weighted by atomic mass is 32.1. The van der Waals surface area contributed by atoms with Gasteiger partial charge in [0.1, 0.15) is 5.75 Å². The van der Waals surface area contributed by atoms with E-state index in [0.717, 1.165) is 11.3 Å². The first-order chi connectivity index (χ1) is 12.9. The molecule has 27 heavy (non-hydrogen) atoms. The van der Waals surface area contributed by atoms with Crippen molar-refractivity contribution in [3.8, 4) is 5.75 Å². The molecule has 5 nitrogen and oxygen atoms in total. The van der Waals surface area contributed by atoms with Gasteiger partial charge in [-0.3, -0.25) is 15.6 Å². The third-order valence-electron chi connectivity index (χ3n) is 4.05. The molecule has 0 unspecified atom stereocenters. The molecule has 0 bridgehead atoms. The van der Waals surface area contributed by atoms with Gasteiger partial charge < -0.3 is 10.1 Å². The second-order valence-electron chi connectivity index (χ2n) is 6.89. The van der Waals surface area contributed by atoms with Gasteiger partial charge in [0.25, 0.3) is 5.91 Å². The van der Waals surface area contributed by atoms with E-state index in [1.807, 2.05) is 48.5 Å². The van der Waals surface area contributed by atoms with Crippen molar-refractivity contribution in [2.45, 2.75) is 39.5 Å². The highest BCUT2D eigenvalue weighted by molar-refractivity contribution is 7.80. The molecule has 1 amide bonds. The Morgan fingerprint density at radius 2 is 1.63 bits per heavy atom. The molecule has 0 spiro atoms. The molecular formula is C21H27N3O2S. The second-order valence-corrected chi connectivity index (χ2v) is 7.29. The van der Waals surface area contributed by atoms with Gasteiger partial charge in [-0.15, -0.1) is 0 Å². The number of thiocarbonyl (C=S) groups is 1. The van der Waals surface area contributed by atoms with Crippen LogP contribution in [0.5, 0.6) is 5.75 Å². The van der Waals surface area contributed by atoms with E-state index in [0.29, 0.717) is 22.7 Å². The predicted molar refractivity (Wildman–Crippen MR) is 114 cm³/mol. The van der Waals surface area contributed by atoms with Gasteiger partial charge in [-0.25, -0.2) is 0 Å². The van der Waals surface area contributed by atoms with Crippen molar-refractivity contribution < 1.29 is 9.53 Å². The first-order valence-electron chi connectivity index (χ1n) is 9.04. The van der Waals surface area contributed by atoms with Crippen LogP contribution in [0.1, 0.15) is 50.7 Å². The molecular weight excluding hydrogens is 358 g/mol. The van der Waals surface area contributed by atoms with Crippen molar-refractivity contribution in [1.29, 1.82) is 0 Å². The Bertz CT molecular complexity index is 773. The van der Waals surface area contributed by atoms with Crippen LogP contribution in [0.3, 0.4) is 0 Å². The average Bonchev–Trinajstić information content (AvgIpc) is 2.65. The Morgan fingerprint density at radius 1 is 0.963 bits per heavy atom. The van der Waals surface area contributed by atoms with Gasteiger partial charge in [-0.2, -0.15) is 0 Å². The number of amides is 1. The normalized spacial score (nSPS) is 10.6. The molecule has 0 saturated carbocycles. The summed E-state index contributed by atoms with van der Waals surface area (Å²) in [5, 5.41) is 3.33. The maximum atomic E-state index is 12.0. The highest BCUT2D eigenvalue weighted by Gasteiger charge is 2.09. The van der Waals surface area contributed by atoms with Crippen molar-refractivity contribution in [1.82, 2.24) is 10.9 Å². The minimum atomic E-state index is -0.312. The van der Waals surface area contributed by atoms with Crippen LogP contribution in [-0.4, -0.2) is 17.6 Å². The summed E-state index contributed by atoms with van der Waals surface area (Å²) < 4.78 is 5.63. The van der Waals surface area contributed by atoms with Crippen molar-refractivity contribution in [2.24, 2.45) is 0 Å². The highest BCUT2D eigenvalue weighted by Crippen LogP contribution is 2.25. The van der Waals surface area contributed by atoms with Gasteiger partial charge in [0.2, 0.25) is 0 Å². The standard InChI is InChI=1S/C21H27N3O2S/c1-14(2)16-9-11-17(12-10-16)22-21(27)24-23-20(25)13-26-19-8-6-5-7-18(19)15(3)4/h5-12,14-15H,13H2,1-4H3,(H,23,25)(H2,22,24,27). The zero-order valence-electron chi connectivity index (χ0n) is 16.2. The van der Waals surface area contributed by atoms with E-state index in [9.17, 15) is 4.79 Å². The Hall–Kier alpha value is -2.60. The van der Waals surface area contributed by atoms with E-state index < -0.39 is 0 Å². The van der Waals surface area contributed by atoms with Gasteiger partial charge in [-0.1, -0.05) is 58.0 Å². The topological polar surface area (TPSA) is 62.4 Å². The van der Waals surface area contributed by atoms with Crippen LogP contribution in [0, 0.1) is 0 Å². The molecule has 0 fully saturated rings. The number of benzene rings is 2. The second kappa shape index (κ2) is 9.92. The molecule has 2 aromatic rings. The van der Waals surface area contributed by atoms with Gasteiger partial charge >= 0.3 is 0 Å². The summed E-state index contributed by atoms with van der Waals surface area (Å²) in [7, 11) is 0. The largest absolute Gasteiger partial charge is 0.483 e. The summed E-state index contributed by atoms with van der Waals surface area (Å²) >= 11 is 5.19. The van der Waals surface area contributed by atoms with Crippen LogP contribution < -0.4 is 20.9 Å². The lowest BCUT2D eigenvalue weighted by Gasteiger charge is -2.15. The molecule has 0 aromatic heterocycles. The Morgan fingerprint density at radius 3 is 2.26 bits per heavy atom. The maximum absolute atomic E-state index is 12.0. The SMILES string of the molecule is CC(C)c1ccc(NC(=S)NNC(=O)COc2ccccc2C(C)C)cc1. The van der Waals surface area contributed by atoms with E-state index >= 15 is 0 Å². The minimum absolute atomic E-state index is 0.0948. The molecule has 0 radical (unpaired) electrons. The number of ether oxygens (including phenoxy) is 1. The number of nitrogens with one attached hydrogen (secondary N) is 3. The fourth-order valence-electron chi connectivity index (χ4n) is 2.51. The summed E-state index contributed by atoms with van der Waals surface area (Å²) in [6.45, 7) is 8.36. The van der Waals surface area contributed by atoms with E-state index in [1.54, 1.807) is 0 Å². The first-order valence-corrected chi connectivity index (χ1v) is 9.45. The van der Waals surface area contributed by atoms with Crippen molar-refractivity contribution in [3.63, 3.8) is 0 Å². The molecule has 0 atom stereocenters. The third-order valence-corrected chi connectivity index (χ3v) is 4.25. The van der Waals surface area contributed by atoms with Crippen molar-refractivity contribution >= 4 is 28.9 Å². The smallest absolute Gasteiger partial charge is 0.276 e. The lowest BCUT2D eigenvalue weighted by Crippen LogP contribution is -2.45. The lowest BCUT2D eigenvalue weighted by molar-refractivity contribution is -0.123. The average molecular weight is 386 g/mol. The Labute approximate surface area is 166 Å². The quantitative estimate of drug-likeness (QED) is 0.510. The number of para-hydroxylation sites is 1. The van der Waals surface area contributed by atoms with Crippen molar-refractivity contribution in [3.05, 3.63) is 59.7 Å². The third kappa shape index (κ3) is 6.57. The molecule has 2 rings (SSSR count). The molecule has 0 saturated heterocycles. The summed E-state index contributed by atoms with van der Waals surface area (Å²) in [6.07, 6.45) is 0. The molecule has 0 heterocycles. The van der Waals surface area contributed by atoms with Crippen LogP contribution >= 0.6 is 12.2 Å². The molecule has 2 aromatic carbocycles. The Kier molecular flexibility index (Phi) is 7.61. The first kappa shape index (κ1) is 20.7. The molecule has 6 heteroatoms. The number of anilines is 1. The number of carbonyl (C=O) groups excluding carboxylic acids is 1. The van der Waals surface area contributed by atoms with E-state index in [-0.39, 0.29) is 12.5 Å². The summed E-state index contributed by atoms with van der Waals surface area (Å²) in [4.78, 5) is 12.0. The molecule has 0 aliphatic rings. The van der Waals surface area contributed by atoms with Crippen LogP contribution in [0.4, 0.5) is 5.69 Å². The van der Waals surface area contributed by atoms with Gasteiger partial charge in [0.15, 0.2) is 11.7 Å². The number of rotatable bonds is 6. The zero-order chi connectivity index (χ0) is 19.8. The Balaban J connectivity index is 1.77. The van der Waals surface area contributed by atoms with Crippen LogP contribution in [0.25, 0.3) is 0 Å². The van der Waals surface area contributed by atoms with E-state index in [2.05, 4.69) is 43.9 Å². The molecule has 0 aliphatic carbocycles. The molecule has 144 valence electrons. The van der Waals surface area contributed by atoms with Crippen LogP contribution in [0.15, 0.2) is 48.5 Å². The fraction of sp³-hybridized carbons (Fsp3) is 0.333. The number of carbonyl (C=O) groups is 1. The minimum Gasteiger partial charge on any atom is -0.483 e. The number of hydrazine groups is 1. The van der Waals surface area contributed by atoms with Crippen LogP contribution in [-0.2, 0) is 4.79 Å². The molecule has 3 N–H and O–H groups in total. The number of hydrogen-bond donors (Lipinski definition) is 3. The van der Waals surface area contributed by atoms with Gasteiger partial charge in [0, 0.05) is 5.69 Å².